The molecule has 0 fully saturated rings. The van der Waals surface area contributed by atoms with Gasteiger partial charge in [-0.3, -0.25) is 4.98 Å². The summed E-state index contributed by atoms with van der Waals surface area (Å²) in [5.74, 6) is -0.300. The van der Waals surface area contributed by atoms with E-state index in [9.17, 15) is 9.50 Å². The summed E-state index contributed by atoms with van der Waals surface area (Å²) in [7, 11) is 0. The average molecular weight is 231 g/mol. The van der Waals surface area contributed by atoms with Crippen LogP contribution >= 0.6 is 0 Å². The van der Waals surface area contributed by atoms with Crippen LogP contribution < -0.4 is 0 Å². The summed E-state index contributed by atoms with van der Waals surface area (Å²) in [5.41, 5.74) is 0.626. The van der Waals surface area contributed by atoms with Crippen LogP contribution in [-0.2, 0) is 12.0 Å². The minimum Gasteiger partial charge on any atom is -0.385 e. The van der Waals surface area contributed by atoms with Crippen molar-refractivity contribution in [2.24, 2.45) is 0 Å². The fraction of sp³-hybridized carbons (Fsp3) is 0.214. The number of pyridine rings is 1. The zero-order valence-electron chi connectivity index (χ0n) is 9.60. The van der Waals surface area contributed by atoms with Crippen LogP contribution in [0.1, 0.15) is 18.1 Å². The zero-order chi connectivity index (χ0) is 12.3. The van der Waals surface area contributed by atoms with E-state index in [2.05, 4.69) is 4.98 Å². The molecule has 0 radical (unpaired) electrons. The van der Waals surface area contributed by atoms with Crippen LogP contribution in [0.15, 0.2) is 48.8 Å². The van der Waals surface area contributed by atoms with Crippen LogP contribution in [0.3, 0.4) is 0 Å². The fourth-order valence-corrected chi connectivity index (χ4v) is 1.81. The Hall–Kier alpha value is -1.74. The molecular weight excluding hydrogens is 217 g/mol. The number of rotatable bonds is 3. The molecule has 88 valence electrons. The lowest BCUT2D eigenvalue weighted by molar-refractivity contribution is 0.0575. The molecule has 0 spiro atoms. The van der Waals surface area contributed by atoms with E-state index in [-0.39, 0.29) is 5.82 Å². The molecule has 2 nitrogen and oxygen atoms in total. The number of hydrogen-bond donors (Lipinski definition) is 1. The molecule has 0 aliphatic carbocycles. The highest BCUT2D eigenvalue weighted by atomic mass is 19.1. The predicted molar refractivity (Wildman–Crippen MR) is 63.9 cm³/mol. The average Bonchev–Trinajstić information content (AvgIpc) is 2.30. The van der Waals surface area contributed by atoms with Crippen LogP contribution in [0, 0.1) is 5.82 Å². The molecule has 0 bridgehead atoms. The Balaban J connectivity index is 2.21. The van der Waals surface area contributed by atoms with Gasteiger partial charge in [0.25, 0.3) is 0 Å². The molecule has 1 aromatic heterocycles. The van der Waals surface area contributed by atoms with E-state index < -0.39 is 5.60 Å². The smallest absolute Gasteiger partial charge is 0.123 e. The van der Waals surface area contributed by atoms with Gasteiger partial charge in [-0.05, 0) is 36.2 Å². The summed E-state index contributed by atoms with van der Waals surface area (Å²) < 4.78 is 12.8. The van der Waals surface area contributed by atoms with Gasteiger partial charge in [0, 0.05) is 18.8 Å². The number of aromatic nitrogens is 1. The van der Waals surface area contributed by atoms with Crippen molar-refractivity contribution in [1.82, 2.24) is 4.98 Å². The monoisotopic (exact) mass is 231 g/mol. The minimum atomic E-state index is -1.02. The molecule has 0 saturated heterocycles. The van der Waals surface area contributed by atoms with Gasteiger partial charge >= 0.3 is 0 Å². The van der Waals surface area contributed by atoms with Crippen LogP contribution in [0.25, 0.3) is 0 Å². The molecule has 0 aliphatic rings. The Kier molecular flexibility index (Phi) is 3.20. The molecular formula is C14H14FNO. The first-order chi connectivity index (χ1) is 8.08. The molecule has 17 heavy (non-hydrogen) atoms. The lowest BCUT2D eigenvalue weighted by Crippen LogP contribution is -2.24. The maximum atomic E-state index is 12.8. The SMILES string of the molecule is CC(O)(Cc1cccnc1)c1ccc(F)cc1. The Morgan fingerprint density at radius 1 is 1.24 bits per heavy atom. The van der Waals surface area contributed by atoms with Gasteiger partial charge in [0.2, 0.25) is 0 Å². The third kappa shape index (κ3) is 2.88. The van der Waals surface area contributed by atoms with Crippen molar-refractivity contribution in [1.29, 1.82) is 0 Å². The second-order valence-corrected chi connectivity index (χ2v) is 4.32. The summed E-state index contributed by atoms with van der Waals surface area (Å²) in [6.45, 7) is 1.72. The van der Waals surface area contributed by atoms with Gasteiger partial charge in [-0.2, -0.15) is 0 Å². The highest BCUT2D eigenvalue weighted by Crippen LogP contribution is 2.25. The Morgan fingerprint density at radius 2 is 1.94 bits per heavy atom. The second-order valence-electron chi connectivity index (χ2n) is 4.32. The molecule has 2 aromatic rings. The van der Waals surface area contributed by atoms with Gasteiger partial charge in [0.15, 0.2) is 0 Å². The van der Waals surface area contributed by atoms with Gasteiger partial charge < -0.3 is 5.11 Å². The normalized spacial score (nSPS) is 14.3. The standard InChI is InChI=1S/C14H14FNO/c1-14(17,9-11-3-2-8-16-10-11)12-4-6-13(15)7-5-12/h2-8,10,17H,9H2,1H3. The van der Waals surface area contributed by atoms with Crippen molar-refractivity contribution in [2.45, 2.75) is 18.9 Å². The zero-order valence-corrected chi connectivity index (χ0v) is 9.60. The van der Waals surface area contributed by atoms with Crippen LogP contribution in [0.2, 0.25) is 0 Å². The van der Waals surface area contributed by atoms with E-state index in [1.165, 1.54) is 12.1 Å². The number of hydrogen-bond acceptors (Lipinski definition) is 2. The molecule has 1 N–H and O–H groups in total. The molecule has 1 unspecified atom stereocenters. The molecule has 1 aromatic carbocycles. The van der Waals surface area contributed by atoms with Crippen molar-refractivity contribution >= 4 is 0 Å². The Bertz CT molecular complexity index is 479. The topological polar surface area (TPSA) is 33.1 Å². The Labute approximate surface area is 99.8 Å². The summed E-state index contributed by atoms with van der Waals surface area (Å²) in [6.07, 6.45) is 3.86. The molecule has 1 heterocycles. The van der Waals surface area contributed by atoms with Crippen molar-refractivity contribution in [2.75, 3.05) is 0 Å². The van der Waals surface area contributed by atoms with Crippen molar-refractivity contribution in [3.05, 3.63) is 65.7 Å². The molecule has 0 saturated carbocycles. The van der Waals surface area contributed by atoms with Crippen molar-refractivity contribution in [3.8, 4) is 0 Å². The maximum Gasteiger partial charge on any atom is 0.123 e. The number of aliphatic hydroxyl groups is 1. The van der Waals surface area contributed by atoms with Crippen molar-refractivity contribution < 1.29 is 9.50 Å². The van der Waals surface area contributed by atoms with Gasteiger partial charge in [-0.1, -0.05) is 18.2 Å². The van der Waals surface area contributed by atoms with Crippen LogP contribution in [0.5, 0.6) is 0 Å². The summed E-state index contributed by atoms with van der Waals surface area (Å²) >= 11 is 0. The molecule has 0 amide bonds. The van der Waals surface area contributed by atoms with E-state index in [1.807, 2.05) is 12.1 Å². The first-order valence-electron chi connectivity index (χ1n) is 5.45. The maximum absolute atomic E-state index is 12.8. The van der Waals surface area contributed by atoms with E-state index in [0.717, 1.165) is 5.56 Å². The number of halogens is 1. The van der Waals surface area contributed by atoms with Crippen LogP contribution in [0.4, 0.5) is 4.39 Å². The third-order valence-corrected chi connectivity index (χ3v) is 2.74. The molecule has 0 aliphatic heterocycles. The van der Waals surface area contributed by atoms with E-state index in [4.69, 9.17) is 0 Å². The van der Waals surface area contributed by atoms with Crippen molar-refractivity contribution in [3.63, 3.8) is 0 Å². The fourth-order valence-electron chi connectivity index (χ4n) is 1.81. The van der Waals surface area contributed by atoms with Gasteiger partial charge in [0.05, 0.1) is 5.60 Å². The molecule has 2 rings (SSSR count). The molecule has 1 atom stereocenters. The van der Waals surface area contributed by atoms with Gasteiger partial charge in [-0.15, -0.1) is 0 Å². The molecule has 3 heteroatoms. The van der Waals surface area contributed by atoms with Gasteiger partial charge in [-0.25, -0.2) is 4.39 Å². The van der Waals surface area contributed by atoms with Crippen LogP contribution in [-0.4, -0.2) is 10.1 Å². The number of nitrogens with zero attached hydrogens (tertiary/aromatic N) is 1. The summed E-state index contributed by atoms with van der Waals surface area (Å²) in [6, 6.07) is 9.65. The summed E-state index contributed by atoms with van der Waals surface area (Å²) in [5, 5.41) is 10.4. The predicted octanol–water partition coefficient (Wildman–Crippen LogP) is 2.67. The highest BCUT2D eigenvalue weighted by Gasteiger charge is 2.23. The summed E-state index contributed by atoms with van der Waals surface area (Å²) in [4.78, 5) is 4.01. The minimum absolute atomic E-state index is 0.300. The first kappa shape index (κ1) is 11.7. The van der Waals surface area contributed by atoms with E-state index in [0.29, 0.717) is 12.0 Å². The number of benzene rings is 1. The third-order valence-electron chi connectivity index (χ3n) is 2.74. The first-order valence-corrected chi connectivity index (χ1v) is 5.45. The highest BCUT2D eigenvalue weighted by molar-refractivity contribution is 5.25. The Morgan fingerprint density at radius 3 is 2.53 bits per heavy atom. The quantitative estimate of drug-likeness (QED) is 0.881. The second kappa shape index (κ2) is 4.63. The lowest BCUT2D eigenvalue weighted by Gasteiger charge is -2.23. The largest absolute Gasteiger partial charge is 0.385 e. The van der Waals surface area contributed by atoms with E-state index >= 15 is 0 Å². The van der Waals surface area contributed by atoms with E-state index in [1.54, 1.807) is 31.5 Å². The van der Waals surface area contributed by atoms with Gasteiger partial charge in [0.1, 0.15) is 5.82 Å². The lowest BCUT2D eigenvalue weighted by atomic mass is 9.90.